The standard InChI is InChI=1S/C17H33N5O5/c1-10(2)8-13(15(19)25)22-16(26)12(6-4-5-7-18)21-17(27)14(9-23)20-11(3)24/h10,12-14,23H,4-9,18H2,1-3H3,(H2,19,25)(H,20,24)(H,21,27)(H,22,26)/t12-,13+,14+/m1/s1. The zero-order chi connectivity index (χ0) is 21.0. The van der Waals surface area contributed by atoms with Gasteiger partial charge in [-0.05, 0) is 38.1 Å². The lowest BCUT2D eigenvalue weighted by atomic mass is 10.0. The minimum atomic E-state index is -1.17. The number of rotatable bonds is 13. The minimum absolute atomic E-state index is 0.131. The number of unbranched alkanes of at least 4 members (excludes halogenated alkanes) is 1. The van der Waals surface area contributed by atoms with Crippen molar-refractivity contribution in [2.45, 2.75) is 64.6 Å². The second-order valence-electron chi connectivity index (χ2n) is 6.87. The summed E-state index contributed by atoms with van der Waals surface area (Å²) in [5.41, 5.74) is 10.8. The van der Waals surface area contributed by atoms with Gasteiger partial charge < -0.3 is 32.5 Å². The normalized spacial score (nSPS) is 14.1. The third kappa shape index (κ3) is 10.5. The number of aliphatic hydroxyl groups is 1. The largest absolute Gasteiger partial charge is 0.394 e. The molecule has 156 valence electrons. The van der Waals surface area contributed by atoms with Gasteiger partial charge >= 0.3 is 0 Å². The molecule has 0 unspecified atom stereocenters. The Labute approximate surface area is 159 Å². The molecule has 0 fully saturated rings. The van der Waals surface area contributed by atoms with Gasteiger partial charge in [0.15, 0.2) is 0 Å². The van der Waals surface area contributed by atoms with E-state index >= 15 is 0 Å². The van der Waals surface area contributed by atoms with Crippen LogP contribution in [0.3, 0.4) is 0 Å². The van der Waals surface area contributed by atoms with Crippen molar-refractivity contribution in [1.29, 1.82) is 0 Å². The highest BCUT2D eigenvalue weighted by Gasteiger charge is 2.28. The Morgan fingerprint density at radius 2 is 1.48 bits per heavy atom. The van der Waals surface area contributed by atoms with E-state index in [0.717, 1.165) is 0 Å². The summed E-state index contributed by atoms with van der Waals surface area (Å²) in [5.74, 6) is -2.26. The first-order valence-corrected chi connectivity index (χ1v) is 9.10. The van der Waals surface area contributed by atoms with Gasteiger partial charge in [-0.15, -0.1) is 0 Å². The summed E-state index contributed by atoms with van der Waals surface area (Å²) in [5, 5.41) is 16.7. The second kappa shape index (κ2) is 13.0. The SMILES string of the molecule is CC(=O)N[C@@H](CO)C(=O)N[C@H](CCCCN)C(=O)N[C@@H](CC(C)C)C(N)=O. The molecular formula is C17H33N5O5. The van der Waals surface area contributed by atoms with Gasteiger partial charge in [0, 0.05) is 6.92 Å². The predicted octanol–water partition coefficient (Wildman–Crippen LogP) is -1.89. The Kier molecular flexibility index (Phi) is 12.0. The Bertz CT molecular complexity index is 512. The number of hydrogen-bond donors (Lipinski definition) is 6. The molecule has 0 saturated carbocycles. The highest BCUT2D eigenvalue weighted by molar-refractivity contribution is 5.93. The van der Waals surface area contributed by atoms with E-state index in [1.807, 2.05) is 13.8 Å². The van der Waals surface area contributed by atoms with E-state index in [2.05, 4.69) is 16.0 Å². The van der Waals surface area contributed by atoms with Crippen LogP contribution in [-0.2, 0) is 19.2 Å². The van der Waals surface area contributed by atoms with Crippen LogP contribution in [0, 0.1) is 5.92 Å². The summed E-state index contributed by atoms with van der Waals surface area (Å²) in [6.07, 6.45) is 1.89. The molecule has 8 N–H and O–H groups in total. The van der Waals surface area contributed by atoms with E-state index in [0.29, 0.717) is 32.2 Å². The van der Waals surface area contributed by atoms with Crippen LogP contribution in [0.1, 0.15) is 46.5 Å². The lowest BCUT2D eigenvalue weighted by Gasteiger charge is -2.24. The fraction of sp³-hybridized carbons (Fsp3) is 0.765. The van der Waals surface area contributed by atoms with Gasteiger partial charge in [-0.3, -0.25) is 19.2 Å². The average Bonchev–Trinajstić information content (AvgIpc) is 2.57. The van der Waals surface area contributed by atoms with E-state index in [1.54, 1.807) is 0 Å². The second-order valence-corrected chi connectivity index (χ2v) is 6.87. The first-order valence-electron chi connectivity index (χ1n) is 9.10. The average molecular weight is 387 g/mol. The molecule has 0 aromatic carbocycles. The molecule has 0 radical (unpaired) electrons. The molecule has 0 saturated heterocycles. The molecule has 0 aliphatic rings. The fourth-order valence-corrected chi connectivity index (χ4v) is 2.46. The molecule has 0 aromatic heterocycles. The number of aliphatic hydroxyl groups excluding tert-OH is 1. The highest BCUT2D eigenvalue weighted by atomic mass is 16.3. The lowest BCUT2D eigenvalue weighted by molar-refractivity contribution is -0.133. The van der Waals surface area contributed by atoms with Crippen LogP contribution < -0.4 is 27.4 Å². The predicted molar refractivity (Wildman–Crippen MR) is 100 cm³/mol. The smallest absolute Gasteiger partial charge is 0.245 e. The number of nitrogens with one attached hydrogen (secondary N) is 3. The van der Waals surface area contributed by atoms with Gasteiger partial charge in [-0.1, -0.05) is 13.8 Å². The van der Waals surface area contributed by atoms with E-state index in [4.69, 9.17) is 11.5 Å². The summed E-state index contributed by atoms with van der Waals surface area (Å²) in [6, 6.07) is -2.97. The maximum Gasteiger partial charge on any atom is 0.245 e. The summed E-state index contributed by atoms with van der Waals surface area (Å²) < 4.78 is 0. The molecular weight excluding hydrogens is 354 g/mol. The number of hydrogen-bond acceptors (Lipinski definition) is 6. The van der Waals surface area contributed by atoms with Crippen LogP contribution in [0.4, 0.5) is 0 Å². The zero-order valence-electron chi connectivity index (χ0n) is 16.3. The zero-order valence-corrected chi connectivity index (χ0v) is 16.3. The van der Waals surface area contributed by atoms with Crippen molar-refractivity contribution in [3.63, 3.8) is 0 Å². The van der Waals surface area contributed by atoms with Crippen LogP contribution >= 0.6 is 0 Å². The maximum atomic E-state index is 12.6. The van der Waals surface area contributed by atoms with Crippen LogP contribution in [0.2, 0.25) is 0 Å². The molecule has 0 bridgehead atoms. The van der Waals surface area contributed by atoms with Crippen molar-refractivity contribution in [1.82, 2.24) is 16.0 Å². The highest BCUT2D eigenvalue weighted by Crippen LogP contribution is 2.07. The lowest BCUT2D eigenvalue weighted by Crippen LogP contribution is -2.57. The van der Waals surface area contributed by atoms with Crippen molar-refractivity contribution in [3.05, 3.63) is 0 Å². The Balaban J connectivity index is 5.14. The molecule has 0 aliphatic carbocycles. The molecule has 0 aliphatic heterocycles. The fourth-order valence-electron chi connectivity index (χ4n) is 2.46. The number of nitrogens with two attached hydrogens (primary N) is 2. The minimum Gasteiger partial charge on any atom is -0.394 e. The first kappa shape index (κ1) is 24.8. The Morgan fingerprint density at radius 3 is 1.93 bits per heavy atom. The van der Waals surface area contributed by atoms with Crippen LogP contribution in [0.25, 0.3) is 0 Å². The molecule has 27 heavy (non-hydrogen) atoms. The van der Waals surface area contributed by atoms with Gasteiger partial charge in [0.25, 0.3) is 0 Å². The quantitative estimate of drug-likeness (QED) is 0.201. The Hall–Kier alpha value is -2.20. The van der Waals surface area contributed by atoms with Crippen LogP contribution in [-0.4, -0.2) is 60.0 Å². The van der Waals surface area contributed by atoms with E-state index in [-0.39, 0.29) is 5.92 Å². The van der Waals surface area contributed by atoms with Crippen molar-refractivity contribution < 1.29 is 24.3 Å². The summed E-state index contributed by atoms with van der Waals surface area (Å²) in [4.78, 5) is 47.6. The Morgan fingerprint density at radius 1 is 0.926 bits per heavy atom. The molecule has 4 amide bonds. The van der Waals surface area contributed by atoms with Gasteiger partial charge in [-0.25, -0.2) is 0 Å². The van der Waals surface area contributed by atoms with E-state index < -0.39 is 48.4 Å². The van der Waals surface area contributed by atoms with E-state index in [1.165, 1.54) is 6.92 Å². The molecule has 0 aromatic rings. The third-order valence-corrected chi connectivity index (χ3v) is 3.82. The topological polar surface area (TPSA) is 177 Å². The van der Waals surface area contributed by atoms with Crippen molar-refractivity contribution in [3.8, 4) is 0 Å². The van der Waals surface area contributed by atoms with Gasteiger partial charge in [0.05, 0.1) is 6.61 Å². The maximum absolute atomic E-state index is 12.6. The number of primary amides is 1. The molecule has 0 spiro atoms. The summed E-state index contributed by atoms with van der Waals surface area (Å²) >= 11 is 0. The molecule has 10 nitrogen and oxygen atoms in total. The molecule has 10 heteroatoms. The number of carbonyl (C=O) groups is 4. The van der Waals surface area contributed by atoms with Gasteiger partial charge in [0.2, 0.25) is 23.6 Å². The van der Waals surface area contributed by atoms with Crippen LogP contribution in [0.5, 0.6) is 0 Å². The number of amides is 4. The summed E-state index contributed by atoms with van der Waals surface area (Å²) in [7, 11) is 0. The van der Waals surface area contributed by atoms with Crippen molar-refractivity contribution in [2.24, 2.45) is 17.4 Å². The first-order chi connectivity index (χ1) is 12.6. The number of carbonyl (C=O) groups excluding carboxylic acids is 4. The van der Waals surface area contributed by atoms with Gasteiger partial charge in [-0.2, -0.15) is 0 Å². The van der Waals surface area contributed by atoms with Crippen LogP contribution in [0.15, 0.2) is 0 Å². The van der Waals surface area contributed by atoms with Gasteiger partial charge in [0.1, 0.15) is 18.1 Å². The van der Waals surface area contributed by atoms with E-state index in [9.17, 15) is 24.3 Å². The summed E-state index contributed by atoms with van der Waals surface area (Å²) in [6.45, 7) is 4.82. The monoisotopic (exact) mass is 387 g/mol. The molecule has 0 rings (SSSR count). The third-order valence-electron chi connectivity index (χ3n) is 3.82. The molecule has 3 atom stereocenters. The molecule has 0 heterocycles. The van der Waals surface area contributed by atoms with Crippen molar-refractivity contribution >= 4 is 23.6 Å². The van der Waals surface area contributed by atoms with Crippen molar-refractivity contribution in [2.75, 3.05) is 13.2 Å².